The number of nitrogens with one attached hydrogen (secondary N) is 2. The molecule has 0 saturated carbocycles. The van der Waals surface area contributed by atoms with Gasteiger partial charge in [0.1, 0.15) is 5.82 Å². The molecule has 4 aliphatic rings. The summed E-state index contributed by atoms with van der Waals surface area (Å²) in [6.45, 7) is 8.01. The number of nitrogens with zero attached hydrogens (tertiary/aromatic N) is 2. The molecule has 30 heavy (non-hydrogen) atoms. The van der Waals surface area contributed by atoms with Crippen LogP contribution in [-0.4, -0.2) is 67.3 Å². The fourth-order valence-corrected chi connectivity index (χ4v) is 5.81. The van der Waals surface area contributed by atoms with E-state index in [2.05, 4.69) is 39.2 Å². The van der Waals surface area contributed by atoms with E-state index in [-0.39, 0.29) is 11.9 Å². The van der Waals surface area contributed by atoms with Crippen LogP contribution in [0.4, 0.5) is 5.82 Å². The number of carbonyl (C=O) groups is 1. The molecule has 6 rings (SSSR count). The van der Waals surface area contributed by atoms with Crippen LogP contribution in [0.5, 0.6) is 0 Å². The maximum atomic E-state index is 12.8. The van der Waals surface area contributed by atoms with Gasteiger partial charge in [0.05, 0.1) is 18.2 Å². The Bertz CT molecular complexity index is 868. The Kier molecular flexibility index (Phi) is 5.76. The molecule has 0 unspecified atom stereocenters. The van der Waals surface area contributed by atoms with Crippen LogP contribution < -0.4 is 10.2 Å². The van der Waals surface area contributed by atoms with Crippen LogP contribution in [0, 0.1) is 5.92 Å². The van der Waals surface area contributed by atoms with Gasteiger partial charge in [-0.3, -0.25) is 9.69 Å². The maximum Gasteiger partial charge on any atom is 0.251 e. The third kappa shape index (κ3) is 4.11. The van der Waals surface area contributed by atoms with Gasteiger partial charge in [0.25, 0.3) is 5.91 Å². The number of carbonyl (C=O) groups excluding carboxylic acids is 1. The number of hydrogen-bond donors (Lipinski definition) is 2. The number of hydrogen-bond acceptors (Lipinski definition) is 5. The minimum Gasteiger partial charge on any atom is -0.378 e. The van der Waals surface area contributed by atoms with Crippen LogP contribution >= 0.6 is 11.8 Å². The molecular weight excluding hydrogens is 396 g/mol. The van der Waals surface area contributed by atoms with Gasteiger partial charge >= 0.3 is 0 Å². The highest BCUT2D eigenvalue weighted by Crippen LogP contribution is 2.33. The van der Waals surface area contributed by atoms with Crippen LogP contribution in [0.2, 0.25) is 0 Å². The first kappa shape index (κ1) is 20.0. The molecule has 2 N–H and O–H groups in total. The number of ether oxygens (including phenoxy) is 1. The lowest BCUT2D eigenvalue weighted by atomic mass is 9.79. The molecule has 4 aliphatic heterocycles. The number of morpholine rings is 1. The monoisotopic (exact) mass is 426 g/mol. The minimum absolute atomic E-state index is 0.0478. The molecule has 160 valence electrons. The first-order chi connectivity index (χ1) is 14.7. The van der Waals surface area contributed by atoms with Crippen LogP contribution in [0.3, 0.4) is 0 Å². The maximum absolute atomic E-state index is 12.8. The number of H-pyrrole nitrogens is 1. The molecule has 0 aliphatic carbocycles. The zero-order valence-electron chi connectivity index (χ0n) is 17.5. The normalized spacial score (nSPS) is 28.5. The van der Waals surface area contributed by atoms with Crippen molar-refractivity contribution >= 4 is 23.5 Å². The second-order valence-electron chi connectivity index (χ2n) is 8.55. The first-order valence-electron chi connectivity index (χ1n) is 11.0. The van der Waals surface area contributed by atoms with E-state index < -0.39 is 0 Å². The molecule has 4 saturated heterocycles. The number of benzene rings is 1. The highest BCUT2D eigenvalue weighted by molar-refractivity contribution is 7.99. The average Bonchev–Trinajstić information content (AvgIpc) is 3.26. The van der Waals surface area contributed by atoms with Crippen molar-refractivity contribution in [3.63, 3.8) is 0 Å². The summed E-state index contributed by atoms with van der Waals surface area (Å²) in [5.41, 5.74) is 0.739. The van der Waals surface area contributed by atoms with Crippen molar-refractivity contribution in [2.24, 2.45) is 5.92 Å². The molecule has 5 heterocycles. The smallest absolute Gasteiger partial charge is 0.251 e. The Labute approximate surface area is 182 Å². The van der Waals surface area contributed by atoms with Gasteiger partial charge < -0.3 is 19.9 Å². The fourth-order valence-electron chi connectivity index (χ4n) is 4.99. The Hall–Kier alpha value is -1.96. The highest BCUT2D eigenvalue weighted by atomic mass is 32.2. The van der Waals surface area contributed by atoms with E-state index in [0.29, 0.717) is 12.0 Å². The number of aromatic nitrogens is 1. The lowest BCUT2D eigenvalue weighted by molar-refractivity contribution is 0.0217. The lowest BCUT2D eigenvalue weighted by Gasteiger charge is -2.49. The molecule has 0 radical (unpaired) electrons. The summed E-state index contributed by atoms with van der Waals surface area (Å²) < 4.78 is 5.43. The highest BCUT2D eigenvalue weighted by Gasteiger charge is 2.40. The average molecular weight is 427 g/mol. The van der Waals surface area contributed by atoms with E-state index >= 15 is 0 Å². The molecule has 2 bridgehead atoms. The number of rotatable bonds is 5. The van der Waals surface area contributed by atoms with Crippen LogP contribution in [-0.2, 0) is 4.74 Å². The molecule has 0 spiro atoms. The summed E-state index contributed by atoms with van der Waals surface area (Å²) >= 11 is 1.69. The summed E-state index contributed by atoms with van der Waals surface area (Å²) in [6, 6.07) is 12.9. The van der Waals surface area contributed by atoms with Crippen LogP contribution in [0.15, 0.2) is 46.3 Å². The minimum atomic E-state index is 0.0478. The number of piperidine rings is 3. The van der Waals surface area contributed by atoms with Crippen molar-refractivity contribution in [2.45, 2.75) is 41.8 Å². The predicted molar refractivity (Wildman–Crippen MR) is 119 cm³/mol. The first-order valence-corrected chi connectivity index (χ1v) is 11.8. The second kappa shape index (κ2) is 8.65. The Balaban J connectivity index is 1.19. The molecule has 2 aromatic rings. The van der Waals surface area contributed by atoms with Crippen molar-refractivity contribution in [1.82, 2.24) is 15.2 Å². The van der Waals surface area contributed by atoms with E-state index in [1.165, 1.54) is 25.9 Å². The lowest BCUT2D eigenvalue weighted by Crippen LogP contribution is -2.62. The molecule has 2 atom stereocenters. The number of fused-ring (bicyclic) bond motifs is 3. The zero-order chi connectivity index (χ0) is 20.5. The molecule has 6 nitrogen and oxygen atoms in total. The molecule has 4 fully saturated rings. The van der Waals surface area contributed by atoms with Gasteiger partial charge in [-0.05, 0) is 75.2 Å². The third-order valence-corrected chi connectivity index (χ3v) is 7.78. The van der Waals surface area contributed by atoms with E-state index in [1.54, 1.807) is 11.8 Å². The van der Waals surface area contributed by atoms with Crippen molar-refractivity contribution in [3.05, 3.63) is 42.0 Å². The van der Waals surface area contributed by atoms with Crippen molar-refractivity contribution in [1.29, 1.82) is 0 Å². The van der Waals surface area contributed by atoms with Crippen molar-refractivity contribution in [2.75, 3.05) is 44.3 Å². The topological polar surface area (TPSA) is 60.6 Å². The summed E-state index contributed by atoms with van der Waals surface area (Å²) in [7, 11) is 0. The van der Waals surface area contributed by atoms with E-state index in [4.69, 9.17) is 4.74 Å². The van der Waals surface area contributed by atoms with E-state index in [0.717, 1.165) is 47.6 Å². The van der Waals surface area contributed by atoms with Crippen LogP contribution in [0.25, 0.3) is 0 Å². The van der Waals surface area contributed by atoms with Gasteiger partial charge in [0, 0.05) is 35.6 Å². The summed E-state index contributed by atoms with van der Waals surface area (Å²) in [5.74, 6) is 1.81. The van der Waals surface area contributed by atoms with Crippen molar-refractivity contribution < 1.29 is 9.53 Å². The van der Waals surface area contributed by atoms with Crippen LogP contribution in [0.1, 0.15) is 30.1 Å². The van der Waals surface area contributed by atoms with E-state index in [9.17, 15) is 4.79 Å². The van der Waals surface area contributed by atoms with Gasteiger partial charge in [0.15, 0.2) is 0 Å². The second-order valence-corrected chi connectivity index (χ2v) is 9.66. The van der Waals surface area contributed by atoms with Gasteiger partial charge in [-0.1, -0.05) is 11.8 Å². The fraction of sp³-hybridized carbons (Fsp3) is 0.522. The van der Waals surface area contributed by atoms with Gasteiger partial charge in [0.2, 0.25) is 0 Å². The molecule has 7 heteroatoms. The number of amides is 1. The quantitative estimate of drug-likeness (QED) is 0.769. The third-order valence-electron chi connectivity index (χ3n) is 6.82. The largest absolute Gasteiger partial charge is 0.378 e. The molecule has 1 amide bonds. The zero-order valence-corrected chi connectivity index (χ0v) is 18.3. The standard InChI is InChI=1S/C23H30N4O2S/c1-16-22(17-8-10-26(16)11-9-17)25-23(28)18-2-4-19(5-3-18)30-21-7-6-20(24-21)27-12-14-29-15-13-27/h2-7,16-17,22,24H,8-15H2,1H3,(H,25,28)/t16-,22+/m1/s1. The van der Waals surface area contributed by atoms with Gasteiger partial charge in [-0.15, -0.1) is 0 Å². The molecule has 1 aromatic carbocycles. The van der Waals surface area contributed by atoms with E-state index in [1.807, 2.05) is 24.3 Å². The Morgan fingerprint density at radius 1 is 1.07 bits per heavy atom. The summed E-state index contributed by atoms with van der Waals surface area (Å²) in [6.07, 6.45) is 2.40. The number of aromatic amines is 1. The Morgan fingerprint density at radius 2 is 1.80 bits per heavy atom. The predicted octanol–water partition coefficient (Wildman–Crippen LogP) is 3.22. The van der Waals surface area contributed by atoms with Crippen molar-refractivity contribution in [3.8, 4) is 0 Å². The molecular formula is C23H30N4O2S. The van der Waals surface area contributed by atoms with Gasteiger partial charge in [-0.2, -0.15) is 0 Å². The van der Waals surface area contributed by atoms with Gasteiger partial charge in [-0.25, -0.2) is 0 Å². The SMILES string of the molecule is C[C@@H]1[C@H](NC(=O)c2ccc(Sc3ccc(N4CCOCC4)[nH]3)cc2)C2CCN1CC2. The summed E-state index contributed by atoms with van der Waals surface area (Å²) in [4.78, 5) is 22.3. The number of anilines is 1. The summed E-state index contributed by atoms with van der Waals surface area (Å²) in [5, 5.41) is 4.42. The molecule has 1 aromatic heterocycles. The Morgan fingerprint density at radius 3 is 2.50 bits per heavy atom.